The van der Waals surface area contributed by atoms with Crippen molar-refractivity contribution in [2.45, 2.75) is 43.9 Å². The number of carbonyl (C=O) groups excluding carboxylic acids is 2. The second-order valence-electron chi connectivity index (χ2n) is 8.16. The molecule has 1 saturated heterocycles. The molecule has 2 aromatic rings. The molecule has 2 amide bonds. The summed E-state index contributed by atoms with van der Waals surface area (Å²) < 4.78 is 11.0. The molecule has 0 saturated carbocycles. The Morgan fingerprint density at radius 3 is 2.34 bits per heavy atom. The zero-order valence-electron chi connectivity index (χ0n) is 17.7. The quantitative estimate of drug-likeness (QED) is 0.612. The van der Waals surface area contributed by atoms with Gasteiger partial charge in [0.2, 0.25) is 0 Å². The zero-order valence-corrected chi connectivity index (χ0v) is 17.7. The largest absolute Gasteiger partial charge is 0.481 e. The summed E-state index contributed by atoms with van der Waals surface area (Å²) in [5.74, 6) is -1.50. The van der Waals surface area contributed by atoms with Gasteiger partial charge < -0.3 is 25.2 Å². The van der Waals surface area contributed by atoms with E-state index in [1.807, 2.05) is 36.4 Å². The Kier molecular flexibility index (Phi) is 6.41. The van der Waals surface area contributed by atoms with Crippen molar-refractivity contribution >= 4 is 18.0 Å². The third-order valence-electron chi connectivity index (χ3n) is 5.87. The Labute approximate surface area is 185 Å². The SMILES string of the molecule is C[C@H](CC(=O)O)NC(=O)[C@@H]1OCC[C@@H]1NC(=O)OCC1c2ccccc2-c2ccccc21. The van der Waals surface area contributed by atoms with E-state index in [1.165, 1.54) is 0 Å². The second kappa shape index (κ2) is 9.40. The molecular formula is C24H26N2O6. The van der Waals surface area contributed by atoms with E-state index < -0.39 is 36.2 Å². The Balaban J connectivity index is 1.35. The zero-order chi connectivity index (χ0) is 22.7. The molecule has 2 aliphatic rings. The molecular weight excluding hydrogens is 412 g/mol. The number of aliphatic carboxylic acids is 1. The first kappa shape index (κ1) is 21.8. The standard InChI is InChI=1S/C24H26N2O6/c1-14(12-21(27)28)25-23(29)22-20(10-11-31-22)26-24(30)32-13-19-17-8-4-2-6-15(17)16-7-3-5-9-18(16)19/h2-9,14,19-20,22H,10-13H2,1H3,(H,25,29)(H,26,30)(H,27,28)/t14-,20+,22-/m1/s1. The van der Waals surface area contributed by atoms with Crippen LogP contribution in [-0.2, 0) is 19.1 Å². The molecule has 1 aliphatic carbocycles. The van der Waals surface area contributed by atoms with Crippen molar-refractivity contribution in [3.8, 4) is 11.1 Å². The van der Waals surface area contributed by atoms with Gasteiger partial charge in [0.1, 0.15) is 6.61 Å². The van der Waals surface area contributed by atoms with Gasteiger partial charge in [0.05, 0.1) is 12.5 Å². The molecule has 0 aromatic heterocycles. The van der Waals surface area contributed by atoms with E-state index in [9.17, 15) is 14.4 Å². The van der Waals surface area contributed by atoms with Gasteiger partial charge in [-0.15, -0.1) is 0 Å². The number of carboxylic acid groups (broad SMARTS) is 1. The van der Waals surface area contributed by atoms with Crippen molar-refractivity contribution in [3.63, 3.8) is 0 Å². The highest BCUT2D eigenvalue weighted by molar-refractivity contribution is 5.84. The number of carboxylic acids is 1. The van der Waals surface area contributed by atoms with Crippen LogP contribution >= 0.6 is 0 Å². The van der Waals surface area contributed by atoms with Crippen molar-refractivity contribution < 1.29 is 29.0 Å². The first-order valence-electron chi connectivity index (χ1n) is 10.7. The lowest BCUT2D eigenvalue weighted by molar-refractivity contribution is -0.138. The lowest BCUT2D eigenvalue weighted by Crippen LogP contribution is -2.50. The molecule has 4 rings (SSSR count). The van der Waals surface area contributed by atoms with Gasteiger partial charge >= 0.3 is 12.1 Å². The van der Waals surface area contributed by atoms with Gasteiger partial charge in [-0.2, -0.15) is 0 Å². The van der Waals surface area contributed by atoms with Crippen molar-refractivity contribution in [3.05, 3.63) is 59.7 Å². The van der Waals surface area contributed by atoms with Crippen LogP contribution in [0.3, 0.4) is 0 Å². The van der Waals surface area contributed by atoms with Crippen molar-refractivity contribution in [2.75, 3.05) is 13.2 Å². The number of hydrogen-bond acceptors (Lipinski definition) is 5. The second-order valence-corrected chi connectivity index (χ2v) is 8.16. The lowest BCUT2D eigenvalue weighted by atomic mass is 9.98. The van der Waals surface area contributed by atoms with Gasteiger partial charge in [-0.3, -0.25) is 9.59 Å². The minimum Gasteiger partial charge on any atom is -0.481 e. The molecule has 1 heterocycles. The average Bonchev–Trinajstić information content (AvgIpc) is 3.34. The van der Waals surface area contributed by atoms with Gasteiger partial charge in [-0.25, -0.2) is 4.79 Å². The molecule has 168 valence electrons. The van der Waals surface area contributed by atoms with Crippen LogP contribution in [0.2, 0.25) is 0 Å². The van der Waals surface area contributed by atoms with Crippen LogP contribution in [0.25, 0.3) is 11.1 Å². The number of fused-ring (bicyclic) bond motifs is 3. The fraction of sp³-hybridized carbons (Fsp3) is 0.375. The maximum Gasteiger partial charge on any atom is 0.407 e. The number of amides is 2. The number of hydrogen-bond donors (Lipinski definition) is 3. The fourth-order valence-corrected chi connectivity index (χ4v) is 4.43. The third kappa shape index (κ3) is 4.60. The van der Waals surface area contributed by atoms with Gasteiger partial charge in [0, 0.05) is 18.6 Å². The van der Waals surface area contributed by atoms with Gasteiger partial charge in [0.15, 0.2) is 6.10 Å². The van der Waals surface area contributed by atoms with Gasteiger partial charge in [-0.1, -0.05) is 48.5 Å². The minimum absolute atomic E-state index is 0.0519. The molecule has 3 atom stereocenters. The number of alkyl carbamates (subject to hydrolysis) is 1. The summed E-state index contributed by atoms with van der Waals surface area (Å²) in [6.07, 6.45) is -1.22. The smallest absolute Gasteiger partial charge is 0.407 e. The molecule has 0 bridgehead atoms. The molecule has 0 unspecified atom stereocenters. The topological polar surface area (TPSA) is 114 Å². The van der Waals surface area contributed by atoms with Crippen LogP contribution in [0.1, 0.15) is 36.8 Å². The molecule has 0 spiro atoms. The summed E-state index contributed by atoms with van der Waals surface area (Å²) in [6.45, 7) is 2.11. The van der Waals surface area contributed by atoms with Gasteiger partial charge in [0.25, 0.3) is 5.91 Å². The number of rotatable bonds is 7. The van der Waals surface area contributed by atoms with Crippen molar-refractivity contribution in [1.82, 2.24) is 10.6 Å². The summed E-state index contributed by atoms with van der Waals surface area (Å²) >= 11 is 0. The van der Waals surface area contributed by atoms with E-state index in [0.29, 0.717) is 13.0 Å². The van der Waals surface area contributed by atoms with Crippen molar-refractivity contribution in [1.29, 1.82) is 0 Å². The molecule has 32 heavy (non-hydrogen) atoms. The summed E-state index contributed by atoms with van der Waals surface area (Å²) in [7, 11) is 0. The summed E-state index contributed by atoms with van der Waals surface area (Å²) in [4.78, 5) is 35.8. The molecule has 2 aromatic carbocycles. The Bertz CT molecular complexity index is 978. The maximum absolute atomic E-state index is 12.5. The van der Waals surface area contributed by atoms with Crippen LogP contribution < -0.4 is 10.6 Å². The van der Waals surface area contributed by atoms with E-state index in [0.717, 1.165) is 22.3 Å². The van der Waals surface area contributed by atoms with E-state index in [1.54, 1.807) is 6.92 Å². The highest BCUT2D eigenvalue weighted by atomic mass is 16.6. The Hall–Kier alpha value is -3.39. The summed E-state index contributed by atoms with van der Waals surface area (Å²) in [5.41, 5.74) is 4.53. The first-order chi connectivity index (χ1) is 15.4. The predicted octanol–water partition coefficient (Wildman–Crippen LogP) is 2.66. The van der Waals surface area contributed by atoms with E-state index >= 15 is 0 Å². The first-order valence-corrected chi connectivity index (χ1v) is 10.7. The summed E-state index contributed by atoms with van der Waals surface area (Å²) in [6, 6.07) is 15.1. The predicted molar refractivity (Wildman–Crippen MR) is 116 cm³/mol. The number of benzene rings is 2. The summed E-state index contributed by atoms with van der Waals surface area (Å²) in [5, 5.41) is 14.2. The lowest BCUT2D eigenvalue weighted by Gasteiger charge is -2.21. The Morgan fingerprint density at radius 1 is 1.09 bits per heavy atom. The number of ether oxygens (including phenoxy) is 2. The third-order valence-corrected chi connectivity index (χ3v) is 5.87. The van der Waals surface area contributed by atoms with Crippen LogP contribution in [0.5, 0.6) is 0 Å². The Morgan fingerprint density at radius 2 is 1.72 bits per heavy atom. The normalized spacial score (nSPS) is 20.2. The van der Waals surface area contributed by atoms with E-state index in [2.05, 4.69) is 22.8 Å². The average molecular weight is 438 g/mol. The fourth-order valence-electron chi connectivity index (χ4n) is 4.43. The molecule has 3 N–H and O–H groups in total. The highest BCUT2D eigenvalue weighted by Crippen LogP contribution is 2.44. The van der Waals surface area contributed by atoms with Gasteiger partial charge in [-0.05, 0) is 35.6 Å². The van der Waals surface area contributed by atoms with Crippen LogP contribution in [0.15, 0.2) is 48.5 Å². The number of nitrogens with one attached hydrogen (secondary N) is 2. The minimum atomic E-state index is -1.00. The van der Waals surface area contributed by atoms with E-state index in [4.69, 9.17) is 14.6 Å². The molecule has 8 heteroatoms. The molecule has 1 fully saturated rings. The molecule has 1 aliphatic heterocycles. The maximum atomic E-state index is 12.5. The molecule has 8 nitrogen and oxygen atoms in total. The van der Waals surface area contributed by atoms with E-state index in [-0.39, 0.29) is 18.9 Å². The molecule has 0 radical (unpaired) electrons. The van der Waals surface area contributed by atoms with Crippen molar-refractivity contribution in [2.24, 2.45) is 0 Å². The van der Waals surface area contributed by atoms with Crippen LogP contribution in [0, 0.1) is 0 Å². The number of carbonyl (C=O) groups is 3. The monoisotopic (exact) mass is 438 g/mol. The highest BCUT2D eigenvalue weighted by Gasteiger charge is 2.36. The van der Waals surface area contributed by atoms with Crippen LogP contribution in [0.4, 0.5) is 4.79 Å². The van der Waals surface area contributed by atoms with Crippen LogP contribution in [-0.4, -0.2) is 54.5 Å².